The average Bonchev–Trinajstić information content (AvgIpc) is 2.63. The van der Waals surface area contributed by atoms with Crippen LogP contribution in [0.3, 0.4) is 0 Å². The minimum absolute atomic E-state index is 0.131. The largest absolute Gasteiger partial charge is 0.493 e. The second-order valence-electron chi connectivity index (χ2n) is 4.04. The SMILES string of the molecule is CCC1Cc2cc(OC)c(OC)cc2C1=O. The Bertz CT molecular complexity index is 423. The van der Waals surface area contributed by atoms with Crippen molar-refractivity contribution in [1.82, 2.24) is 0 Å². The Morgan fingerprint density at radius 3 is 2.44 bits per heavy atom. The summed E-state index contributed by atoms with van der Waals surface area (Å²) in [4.78, 5) is 12.0. The summed E-state index contributed by atoms with van der Waals surface area (Å²) in [6.45, 7) is 2.04. The first-order chi connectivity index (χ1) is 7.71. The van der Waals surface area contributed by atoms with E-state index in [9.17, 15) is 4.79 Å². The lowest BCUT2D eigenvalue weighted by Crippen LogP contribution is -2.06. The van der Waals surface area contributed by atoms with Gasteiger partial charge in [-0.1, -0.05) is 6.92 Å². The minimum atomic E-state index is 0.131. The second kappa shape index (κ2) is 4.16. The minimum Gasteiger partial charge on any atom is -0.493 e. The fourth-order valence-corrected chi connectivity index (χ4v) is 2.23. The number of Topliss-reactive ketones (excluding diaryl/α,β-unsaturated/α-hetero) is 1. The van der Waals surface area contributed by atoms with Gasteiger partial charge in [-0.15, -0.1) is 0 Å². The Kier molecular flexibility index (Phi) is 2.86. The molecule has 0 heterocycles. The summed E-state index contributed by atoms with van der Waals surface area (Å²) >= 11 is 0. The summed E-state index contributed by atoms with van der Waals surface area (Å²) in [5, 5.41) is 0. The van der Waals surface area contributed by atoms with Crippen molar-refractivity contribution >= 4 is 5.78 Å². The number of benzene rings is 1. The van der Waals surface area contributed by atoms with E-state index in [0.29, 0.717) is 11.5 Å². The van der Waals surface area contributed by atoms with E-state index in [2.05, 4.69) is 0 Å². The van der Waals surface area contributed by atoms with Crippen LogP contribution in [0.25, 0.3) is 0 Å². The van der Waals surface area contributed by atoms with Gasteiger partial charge in [0, 0.05) is 11.5 Å². The normalized spacial score (nSPS) is 18.4. The van der Waals surface area contributed by atoms with Gasteiger partial charge in [-0.25, -0.2) is 0 Å². The van der Waals surface area contributed by atoms with Gasteiger partial charge in [-0.3, -0.25) is 4.79 Å². The Morgan fingerprint density at radius 1 is 1.25 bits per heavy atom. The number of hydrogen-bond donors (Lipinski definition) is 0. The smallest absolute Gasteiger partial charge is 0.166 e. The maximum Gasteiger partial charge on any atom is 0.166 e. The first-order valence-corrected chi connectivity index (χ1v) is 5.50. The lowest BCUT2D eigenvalue weighted by atomic mass is 10.0. The van der Waals surface area contributed by atoms with Gasteiger partial charge in [-0.05, 0) is 30.5 Å². The number of rotatable bonds is 3. The van der Waals surface area contributed by atoms with Crippen molar-refractivity contribution in [3.63, 3.8) is 0 Å². The van der Waals surface area contributed by atoms with Gasteiger partial charge < -0.3 is 9.47 Å². The fraction of sp³-hybridized carbons (Fsp3) is 0.462. The molecule has 1 atom stereocenters. The van der Waals surface area contributed by atoms with Crippen LogP contribution in [0, 0.1) is 5.92 Å². The third-order valence-corrected chi connectivity index (χ3v) is 3.20. The molecule has 1 aromatic rings. The molecular formula is C13H16O3. The summed E-state index contributed by atoms with van der Waals surface area (Å²) in [6, 6.07) is 3.72. The number of carbonyl (C=O) groups is 1. The topological polar surface area (TPSA) is 35.5 Å². The van der Waals surface area contributed by atoms with E-state index in [0.717, 1.165) is 24.0 Å². The van der Waals surface area contributed by atoms with Crippen LogP contribution in [0.15, 0.2) is 12.1 Å². The number of methoxy groups -OCH3 is 2. The van der Waals surface area contributed by atoms with Gasteiger partial charge in [0.05, 0.1) is 14.2 Å². The van der Waals surface area contributed by atoms with E-state index >= 15 is 0 Å². The van der Waals surface area contributed by atoms with Crippen molar-refractivity contribution in [3.8, 4) is 11.5 Å². The Balaban J connectivity index is 2.47. The molecule has 3 heteroatoms. The molecule has 0 saturated carbocycles. The summed E-state index contributed by atoms with van der Waals surface area (Å²) in [6.07, 6.45) is 1.71. The van der Waals surface area contributed by atoms with Crippen LogP contribution in [0.1, 0.15) is 29.3 Å². The Morgan fingerprint density at radius 2 is 1.88 bits per heavy atom. The molecule has 1 aromatic carbocycles. The molecule has 0 radical (unpaired) electrons. The molecule has 3 nitrogen and oxygen atoms in total. The van der Waals surface area contributed by atoms with Gasteiger partial charge in [-0.2, -0.15) is 0 Å². The molecule has 0 bridgehead atoms. The molecule has 0 N–H and O–H groups in total. The maximum absolute atomic E-state index is 12.0. The fourth-order valence-electron chi connectivity index (χ4n) is 2.23. The predicted molar refractivity (Wildman–Crippen MR) is 61.4 cm³/mol. The second-order valence-corrected chi connectivity index (χ2v) is 4.04. The van der Waals surface area contributed by atoms with Gasteiger partial charge >= 0.3 is 0 Å². The van der Waals surface area contributed by atoms with Crippen LogP contribution in [0.2, 0.25) is 0 Å². The molecule has 0 aliphatic heterocycles. The van der Waals surface area contributed by atoms with Crippen molar-refractivity contribution in [3.05, 3.63) is 23.3 Å². The quantitative estimate of drug-likeness (QED) is 0.785. The standard InChI is InChI=1S/C13H16O3/c1-4-8-5-9-6-11(15-2)12(16-3)7-10(9)13(8)14/h6-8H,4-5H2,1-3H3. The van der Waals surface area contributed by atoms with E-state index in [4.69, 9.17) is 9.47 Å². The molecule has 1 aliphatic rings. The lowest BCUT2D eigenvalue weighted by molar-refractivity contribution is 0.0934. The zero-order valence-corrected chi connectivity index (χ0v) is 9.87. The zero-order chi connectivity index (χ0) is 11.7. The van der Waals surface area contributed by atoms with Crippen molar-refractivity contribution in [2.75, 3.05) is 14.2 Å². The number of hydrogen-bond acceptors (Lipinski definition) is 3. The number of carbonyl (C=O) groups excluding carboxylic acids is 1. The number of ether oxygens (including phenoxy) is 2. The van der Waals surface area contributed by atoms with E-state index in [1.165, 1.54) is 0 Å². The van der Waals surface area contributed by atoms with Crippen LogP contribution >= 0.6 is 0 Å². The van der Waals surface area contributed by atoms with Gasteiger partial charge in [0.15, 0.2) is 17.3 Å². The molecule has 16 heavy (non-hydrogen) atoms. The Labute approximate surface area is 95.4 Å². The molecule has 86 valence electrons. The zero-order valence-electron chi connectivity index (χ0n) is 9.87. The number of ketones is 1. The first kappa shape index (κ1) is 11.0. The van der Waals surface area contributed by atoms with Gasteiger partial charge in [0.1, 0.15) is 0 Å². The van der Waals surface area contributed by atoms with E-state index < -0.39 is 0 Å². The van der Waals surface area contributed by atoms with Crippen molar-refractivity contribution in [2.24, 2.45) is 5.92 Å². The third kappa shape index (κ3) is 1.56. The summed E-state index contributed by atoms with van der Waals surface area (Å²) < 4.78 is 10.4. The van der Waals surface area contributed by atoms with Gasteiger partial charge in [0.2, 0.25) is 0 Å². The predicted octanol–water partition coefficient (Wildman–Crippen LogP) is 2.47. The average molecular weight is 220 g/mol. The summed E-state index contributed by atoms with van der Waals surface area (Å²) in [5.74, 6) is 1.70. The number of fused-ring (bicyclic) bond motifs is 1. The lowest BCUT2D eigenvalue weighted by Gasteiger charge is -2.09. The molecule has 1 unspecified atom stereocenters. The maximum atomic E-state index is 12.0. The highest BCUT2D eigenvalue weighted by atomic mass is 16.5. The third-order valence-electron chi connectivity index (χ3n) is 3.20. The molecule has 0 spiro atoms. The molecule has 1 aliphatic carbocycles. The highest BCUT2D eigenvalue weighted by Gasteiger charge is 2.30. The molecule has 2 rings (SSSR count). The molecule has 0 fully saturated rings. The summed E-state index contributed by atoms with van der Waals surface area (Å²) in [7, 11) is 3.19. The van der Waals surface area contributed by atoms with Crippen LogP contribution < -0.4 is 9.47 Å². The molecule has 0 saturated heterocycles. The molecule has 0 aromatic heterocycles. The highest BCUT2D eigenvalue weighted by Crippen LogP contribution is 2.37. The monoisotopic (exact) mass is 220 g/mol. The first-order valence-electron chi connectivity index (χ1n) is 5.50. The van der Waals surface area contributed by atoms with E-state index in [-0.39, 0.29) is 11.7 Å². The Hall–Kier alpha value is -1.51. The summed E-state index contributed by atoms with van der Waals surface area (Å²) in [5.41, 5.74) is 1.87. The van der Waals surface area contributed by atoms with Crippen molar-refractivity contribution < 1.29 is 14.3 Å². The van der Waals surface area contributed by atoms with Crippen LogP contribution in [0.5, 0.6) is 11.5 Å². The van der Waals surface area contributed by atoms with E-state index in [1.807, 2.05) is 13.0 Å². The van der Waals surface area contributed by atoms with Crippen molar-refractivity contribution in [1.29, 1.82) is 0 Å². The molecule has 0 amide bonds. The molecular weight excluding hydrogens is 204 g/mol. The van der Waals surface area contributed by atoms with Crippen molar-refractivity contribution in [2.45, 2.75) is 19.8 Å². The van der Waals surface area contributed by atoms with Gasteiger partial charge in [0.25, 0.3) is 0 Å². The van der Waals surface area contributed by atoms with Crippen LogP contribution in [0.4, 0.5) is 0 Å². The van der Waals surface area contributed by atoms with E-state index in [1.54, 1.807) is 20.3 Å². The highest BCUT2D eigenvalue weighted by molar-refractivity contribution is 6.02. The van der Waals surface area contributed by atoms with Crippen LogP contribution in [-0.2, 0) is 6.42 Å². The van der Waals surface area contributed by atoms with Crippen LogP contribution in [-0.4, -0.2) is 20.0 Å².